The molecule has 4 nitrogen and oxygen atoms in total. The lowest BCUT2D eigenvalue weighted by Crippen LogP contribution is -2.46. The summed E-state index contributed by atoms with van der Waals surface area (Å²) in [7, 11) is 0. The highest BCUT2D eigenvalue weighted by atomic mass is 16.5. The van der Waals surface area contributed by atoms with Crippen LogP contribution in [0.25, 0.3) is 0 Å². The number of nitrogens with zero attached hydrogens (tertiary/aromatic N) is 2. The molecule has 2 heterocycles. The second-order valence-electron chi connectivity index (χ2n) is 5.74. The maximum atomic E-state index is 12.2. The van der Waals surface area contributed by atoms with E-state index in [4.69, 9.17) is 4.74 Å². The Labute approximate surface area is 117 Å². The van der Waals surface area contributed by atoms with Crippen LogP contribution < -0.4 is 0 Å². The van der Waals surface area contributed by atoms with E-state index in [2.05, 4.69) is 16.7 Å². The molecule has 0 amide bonds. The Morgan fingerprint density at radius 1 is 1.26 bits per heavy atom. The average Bonchev–Trinajstić information content (AvgIpc) is 2.74. The lowest BCUT2D eigenvalue weighted by molar-refractivity contribution is -0.150. The highest BCUT2D eigenvalue weighted by Gasteiger charge is 2.34. The summed E-state index contributed by atoms with van der Waals surface area (Å²) in [6.07, 6.45) is 5.74. The third-order valence-corrected chi connectivity index (χ3v) is 4.40. The number of fused-ring (bicyclic) bond motifs is 1. The van der Waals surface area contributed by atoms with Gasteiger partial charge in [0, 0.05) is 19.1 Å². The van der Waals surface area contributed by atoms with E-state index < -0.39 is 0 Å². The Morgan fingerprint density at radius 2 is 2.05 bits per heavy atom. The molecular weight excluding hydrogens is 240 g/mol. The highest BCUT2D eigenvalue weighted by Crippen LogP contribution is 2.23. The Morgan fingerprint density at radius 3 is 2.79 bits per heavy atom. The van der Waals surface area contributed by atoms with Crippen molar-refractivity contribution in [3.05, 3.63) is 0 Å². The molecule has 0 saturated carbocycles. The lowest BCUT2D eigenvalue weighted by Gasteiger charge is -2.31. The predicted octanol–water partition coefficient (Wildman–Crippen LogP) is 1.89. The molecule has 110 valence electrons. The number of esters is 1. The van der Waals surface area contributed by atoms with Crippen molar-refractivity contribution < 1.29 is 9.53 Å². The van der Waals surface area contributed by atoms with Crippen molar-refractivity contribution in [3.8, 4) is 0 Å². The van der Waals surface area contributed by atoms with Crippen LogP contribution in [0.1, 0.15) is 46.0 Å². The number of carbonyl (C=O) groups is 1. The molecule has 0 spiro atoms. The van der Waals surface area contributed by atoms with Gasteiger partial charge in [0.25, 0.3) is 0 Å². The molecule has 2 unspecified atom stereocenters. The van der Waals surface area contributed by atoms with Crippen molar-refractivity contribution in [3.63, 3.8) is 0 Å². The van der Waals surface area contributed by atoms with Gasteiger partial charge in [-0.3, -0.25) is 14.6 Å². The summed E-state index contributed by atoms with van der Waals surface area (Å²) in [6.45, 7) is 9.05. The molecule has 0 aliphatic carbocycles. The Bertz CT molecular complexity index is 296. The van der Waals surface area contributed by atoms with E-state index in [1.54, 1.807) is 0 Å². The summed E-state index contributed by atoms with van der Waals surface area (Å²) in [5.41, 5.74) is 0. The monoisotopic (exact) mass is 268 g/mol. The molecule has 0 radical (unpaired) electrons. The summed E-state index contributed by atoms with van der Waals surface area (Å²) in [6, 6.07) is 0.641. The first kappa shape index (κ1) is 14.8. The summed E-state index contributed by atoms with van der Waals surface area (Å²) >= 11 is 0. The lowest BCUT2D eigenvalue weighted by atomic mass is 10.1. The molecule has 2 aliphatic heterocycles. The van der Waals surface area contributed by atoms with Gasteiger partial charge in [-0.2, -0.15) is 0 Å². The Kier molecular flexibility index (Phi) is 5.64. The van der Waals surface area contributed by atoms with Crippen molar-refractivity contribution >= 4 is 5.97 Å². The normalized spacial score (nSPS) is 26.7. The zero-order chi connectivity index (χ0) is 13.7. The van der Waals surface area contributed by atoms with Gasteiger partial charge in [-0.1, -0.05) is 13.3 Å². The van der Waals surface area contributed by atoms with Crippen LogP contribution >= 0.6 is 0 Å². The maximum absolute atomic E-state index is 12.2. The molecule has 0 aromatic rings. The van der Waals surface area contributed by atoms with Gasteiger partial charge >= 0.3 is 5.97 Å². The van der Waals surface area contributed by atoms with E-state index in [0.29, 0.717) is 12.6 Å². The highest BCUT2D eigenvalue weighted by molar-refractivity contribution is 5.75. The van der Waals surface area contributed by atoms with Gasteiger partial charge in [0.1, 0.15) is 6.04 Å². The first-order chi connectivity index (χ1) is 9.26. The fourth-order valence-electron chi connectivity index (χ4n) is 3.48. The van der Waals surface area contributed by atoms with Crippen LogP contribution in [0.4, 0.5) is 0 Å². The van der Waals surface area contributed by atoms with Gasteiger partial charge in [0.05, 0.1) is 6.61 Å². The maximum Gasteiger partial charge on any atom is 0.323 e. The van der Waals surface area contributed by atoms with Crippen LogP contribution in [-0.4, -0.2) is 60.6 Å². The Hall–Kier alpha value is -0.610. The smallest absolute Gasteiger partial charge is 0.323 e. The molecule has 0 N–H and O–H groups in total. The number of hydrogen-bond donors (Lipinski definition) is 0. The van der Waals surface area contributed by atoms with Crippen LogP contribution in [0.2, 0.25) is 0 Å². The average molecular weight is 268 g/mol. The van der Waals surface area contributed by atoms with Crippen LogP contribution in [0.5, 0.6) is 0 Å². The quantitative estimate of drug-likeness (QED) is 0.713. The summed E-state index contributed by atoms with van der Waals surface area (Å²) in [5.74, 6) is -0.0178. The van der Waals surface area contributed by atoms with Crippen molar-refractivity contribution in [1.82, 2.24) is 9.80 Å². The molecule has 2 saturated heterocycles. The largest absolute Gasteiger partial charge is 0.465 e. The fraction of sp³-hybridized carbons (Fsp3) is 0.933. The second kappa shape index (κ2) is 7.25. The van der Waals surface area contributed by atoms with Crippen molar-refractivity contribution in [2.24, 2.45) is 0 Å². The van der Waals surface area contributed by atoms with E-state index in [1.165, 1.54) is 32.4 Å². The fourth-order valence-corrected chi connectivity index (χ4v) is 3.48. The van der Waals surface area contributed by atoms with Crippen molar-refractivity contribution in [1.29, 1.82) is 0 Å². The Balaban J connectivity index is 2.00. The molecular formula is C15H28N2O2. The minimum Gasteiger partial charge on any atom is -0.465 e. The van der Waals surface area contributed by atoms with Gasteiger partial charge in [-0.05, 0) is 45.7 Å². The summed E-state index contributed by atoms with van der Waals surface area (Å²) in [4.78, 5) is 17.2. The first-order valence-electron chi connectivity index (χ1n) is 7.91. The van der Waals surface area contributed by atoms with E-state index in [9.17, 15) is 4.79 Å². The molecule has 0 bridgehead atoms. The number of rotatable bonds is 5. The molecule has 2 rings (SSSR count). The first-order valence-corrected chi connectivity index (χ1v) is 7.91. The van der Waals surface area contributed by atoms with Gasteiger partial charge in [0.2, 0.25) is 0 Å². The van der Waals surface area contributed by atoms with Gasteiger partial charge in [0.15, 0.2) is 0 Å². The standard InChI is InChI=1S/C15H28N2O2/c1-3-7-14(15(18)19-4-2)17-11-6-10-16-9-5-8-13(16)12-17/h13-14H,3-12H2,1-2H3. The van der Waals surface area contributed by atoms with E-state index in [0.717, 1.165) is 25.9 Å². The molecule has 2 fully saturated rings. The van der Waals surface area contributed by atoms with Gasteiger partial charge in [-0.25, -0.2) is 0 Å². The number of ether oxygens (including phenoxy) is 1. The van der Waals surface area contributed by atoms with Gasteiger partial charge in [-0.15, -0.1) is 0 Å². The van der Waals surface area contributed by atoms with Crippen molar-refractivity contribution in [2.75, 3.05) is 32.8 Å². The predicted molar refractivity (Wildman–Crippen MR) is 76.1 cm³/mol. The summed E-state index contributed by atoms with van der Waals surface area (Å²) in [5, 5.41) is 0. The SMILES string of the molecule is CCCC(C(=O)OCC)N1CCCN2CCCC2C1. The molecule has 19 heavy (non-hydrogen) atoms. The topological polar surface area (TPSA) is 32.8 Å². The van der Waals surface area contributed by atoms with Crippen molar-refractivity contribution in [2.45, 2.75) is 58.0 Å². The molecule has 2 atom stereocenters. The van der Waals surface area contributed by atoms with E-state index in [-0.39, 0.29) is 12.0 Å². The summed E-state index contributed by atoms with van der Waals surface area (Å²) < 4.78 is 5.27. The molecule has 0 aromatic carbocycles. The van der Waals surface area contributed by atoms with Crippen LogP contribution in [0, 0.1) is 0 Å². The van der Waals surface area contributed by atoms with Crippen LogP contribution in [0.3, 0.4) is 0 Å². The zero-order valence-corrected chi connectivity index (χ0v) is 12.4. The third-order valence-electron chi connectivity index (χ3n) is 4.40. The van der Waals surface area contributed by atoms with Crippen LogP contribution in [0.15, 0.2) is 0 Å². The molecule has 0 aromatic heterocycles. The zero-order valence-electron chi connectivity index (χ0n) is 12.4. The number of carbonyl (C=O) groups excluding carboxylic acids is 1. The van der Waals surface area contributed by atoms with E-state index >= 15 is 0 Å². The molecule has 4 heteroatoms. The minimum atomic E-state index is -0.0227. The molecule has 2 aliphatic rings. The third kappa shape index (κ3) is 3.69. The van der Waals surface area contributed by atoms with Gasteiger partial charge < -0.3 is 4.74 Å². The minimum absolute atomic E-state index is 0.0178. The second-order valence-corrected chi connectivity index (χ2v) is 5.74. The number of hydrogen-bond acceptors (Lipinski definition) is 4. The van der Waals surface area contributed by atoms with E-state index in [1.807, 2.05) is 6.92 Å². The van der Waals surface area contributed by atoms with Crippen LogP contribution in [-0.2, 0) is 9.53 Å².